The highest BCUT2D eigenvalue weighted by molar-refractivity contribution is 5.83. The molecule has 214 valence electrons. The number of hydrogen-bond acceptors (Lipinski definition) is 8. The van der Waals surface area contributed by atoms with Gasteiger partial charge in [-0.25, -0.2) is 15.0 Å². The molecule has 9 heteroatoms. The molecule has 2 aromatic heterocycles. The van der Waals surface area contributed by atoms with E-state index in [-0.39, 0.29) is 17.8 Å². The number of hydrogen-bond donors (Lipinski definition) is 1. The summed E-state index contributed by atoms with van der Waals surface area (Å²) in [6, 6.07) is 12.5. The highest BCUT2D eigenvalue weighted by Gasteiger charge is 2.31. The fourth-order valence-electron chi connectivity index (χ4n) is 5.88. The van der Waals surface area contributed by atoms with Crippen LogP contribution in [-0.4, -0.2) is 65.2 Å². The Morgan fingerprint density at radius 1 is 1.12 bits per heavy atom. The molecule has 0 amide bonds. The standard InChI is InChI=1S/C32H38N6O3/c1-32(2)11-10-24-23(17-32)31(36-29(33-24)19-37(3)4)38-12-13-41-27-9-7-20(14-22(27)18-38)21-6-8-25-26(15-21)35-28(34-25)16-30(39)40-5/h6-9,14-15H,10-13,16-19H2,1-5H3,(H,34,35). The lowest BCUT2D eigenvalue weighted by atomic mass is 9.76. The number of H-pyrrole nitrogens is 1. The van der Waals surface area contributed by atoms with Crippen molar-refractivity contribution >= 4 is 22.8 Å². The number of benzene rings is 2. The summed E-state index contributed by atoms with van der Waals surface area (Å²) in [5.41, 5.74) is 7.72. The summed E-state index contributed by atoms with van der Waals surface area (Å²) in [7, 11) is 5.50. The first-order valence-electron chi connectivity index (χ1n) is 14.3. The highest BCUT2D eigenvalue weighted by Crippen LogP contribution is 2.39. The first-order chi connectivity index (χ1) is 19.7. The van der Waals surface area contributed by atoms with Gasteiger partial charge in [-0.05, 0) is 74.2 Å². The number of esters is 1. The molecule has 1 aliphatic heterocycles. The summed E-state index contributed by atoms with van der Waals surface area (Å²) < 4.78 is 11.0. The molecule has 2 aromatic carbocycles. The Morgan fingerprint density at radius 2 is 1.93 bits per heavy atom. The molecular formula is C32H38N6O3. The Hall–Kier alpha value is -3.98. The molecule has 0 spiro atoms. The maximum Gasteiger partial charge on any atom is 0.313 e. The number of ether oxygens (including phenoxy) is 2. The largest absolute Gasteiger partial charge is 0.491 e. The van der Waals surface area contributed by atoms with Crippen molar-refractivity contribution in [1.29, 1.82) is 0 Å². The van der Waals surface area contributed by atoms with Gasteiger partial charge in [0.25, 0.3) is 0 Å². The molecule has 0 unspecified atom stereocenters. The number of carbonyl (C=O) groups is 1. The fourth-order valence-corrected chi connectivity index (χ4v) is 5.88. The third-order valence-corrected chi connectivity index (χ3v) is 8.01. The number of methoxy groups -OCH3 is 1. The van der Waals surface area contributed by atoms with Crippen molar-refractivity contribution in [2.24, 2.45) is 5.41 Å². The van der Waals surface area contributed by atoms with Crippen molar-refractivity contribution in [3.8, 4) is 16.9 Å². The van der Waals surface area contributed by atoms with Crippen LogP contribution in [0.2, 0.25) is 0 Å². The topological polar surface area (TPSA) is 96.5 Å². The average Bonchev–Trinajstić information content (AvgIpc) is 3.20. The van der Waals surface area contributed by atoms with Crippen LogP contribution in [0.3, 0.4) is 0 Å². The van der Waals surface area contributed by atoms with Gasteiger partial charge < -0.3 is 24.3 Å². The summed E-state index contributed by atoms with van der Waals surface area (Å²) in [6.45, 7) is 7.47. The summed E-state index contributed by atoms with van der Waals surface area (Å²) in [5, 5.41) is 0. The first kappa shape index (κ1) is 27.2. The molecule has 0 atom stereocenters. The van der Waals surface area contributed by atoms with E-state index >= 15 is 0 Å². The molecule has 0 radical (unpaired) electrons. The lowest BCUT2D eigenvalue weighted by molar-refractivity contribution is -0.139. The van der Waals surface area contributed by atoms with Gasteiger partial charge >= 0.3 is 5.97 Å². The van der Waals surface area contributed by atoms with Crippen molar-refractivity contribution in [2.75, 3.05) is 39.3 Å². The molecular weight excluding hydrogens is 516 g/mol. The smallest absolute Gasteiger partial charge is 0.313 e. The number of rotatable bonds is 6. The SMILES string of the molecule is COC(=O)Cc1nc2ccc(-c3ccc4c(c3)CN(c3nc(CN(C)C)nc5c3CC(C)(C)CC5)CCO4)cc2[nH]1. The van der Waals surface area contributed by atoms with Gasteiger partial charge in [0.2, 0.25) is 0 Å². The van der Waals surface area contributed by atoms with E-state index in [4.69, 9.17) is 19.4 Å². The molecule has 0 fully saturated rings. The van der Waals surface area contributed by atoms with E-state index in [0.717, 1.165) is 70.9 Å². The van der Waals surface area contributed by atoms with Crippen LogP contribution >= 0.6 is 0 Å². The third-order valence-electron chi connectivity index (χ3n) is 8.01. The Labute approximate surface area is 240 Å². The van der Waals surface area contributed by atoms with E-state index in [1.807, 2.05) is 6.07 Å². The molecule has 0 saturated carbocycles. The lowest BCUT2D eigenvalue weighted by Crippen LogP contribution is -2.32. The Kier molecular flexibility index (Phi) is 7.15. The number of nitrogens with zero attached hydrogens (tertiary/aromatic N) is 5. The Morgan fingerprint density at radius 3 is 2.73 bits per heavy atom. The van der Waals surface area contributed by atoms with Crippen molar-refractivity contribution in [3.05, 3.63) is 64.9 Å². The number of nitrogens with one attached hydrogen (secondary N) is 1. The zero-order valence-electron chi connectivity index (χ0n) is 24.6. The van der Waals surface area contributed by atoms with E-state index in [9.17, 15) is 4.79 Å². The van der Waals surface area contributed by atoms with Gasteiger partial charge in [-0.3, -0.25) is 4.79 Å². The molecule has 41 heavy (non-hydrogen) atoms. The predicted molar refractivity (Wildman–Crippen MR) is 159 cm³/mol. The zero-order chi connectivity index (χ0) is 28.7. The van der Waals surface area contributed by atoms with Crippen LogP contribution in [0.5, 0.6) is 5.75 Å². The van der Waals surface area contributed by atoms with Crippen LogP contribution < -0.4 is 9.64 Å². The highest BCUT2D eigenvalue weighted by atomic mass is 16.5. The molecule has 3 heterocycles. The molecule has 0 saturated heterocycles. The van der Waals surface area contributed by atoms with Crippen LogP contribution in [0, 0.1) is 5.41 Å². The van der Waals surface area contributed by atoms with E-state index < -0.39 is 0 Å². The Bertz CT molecular complexity index is 1610. The van der Waals surface area contributed by atoms with Gasteiger partial charge in [-0.15, -0.1) is 0 Å². The number of imidazole rings is 1. The average molecular weight is 555 g/mol. The number of aromatic nitrogens is 4. The monoisotopic (exact) mass is 554 g/mol. The lowest BCUT2D eigenvalue weighted by Gasteiger charge is -2.34. The first-order valence-corrected chi connectivity index (χ1v) is 14.3. The molecule has 6 rings (SSSR count). The maximum atomic E-state index is 11.7. The van der Waals surface area contributed by atoms with Crippen LogP contribution in [0.25, 0.3) is 22.2 Å². The number of aromatic amines is 1. The number of carbonyl (C=O) groups excluding carboxylic acids is 1. The number of anilines is 1. The van der Waals surface area contributed by atoms with Crippen molar-refractivity contribution < 1.29 is 14.3 Å². The summed E-state index contributed by atoms with van der Waals surface area (Å²) in [4.78, 5) is 34.2. The summed E-state index contributed by atoms with van der Waals surface area (Å²) >= 11 is 0. The van der Waals surface area contributed by atoms with Gasteiger partial charge in [0.15, 0.2) is 0 Å². The fraction of sp³-hybridized carbons (Fsp3) is 0.438. The van der Waals surface area contributed by atoms with Gasteiger partial charge in [-0.1, -0.05) is 26.0 Å². The molecule has 9 nitrogen and oxygen atoms in total. The minimum Gasteiger partial charge on any atom is -0.491 e. The van der Waals surface area contributed by atoms with Crippen LogP contribution in [0.1, 0.15) is 48.7 Å². The second-order valence-corrected chi connectivity index (χ2v) is 12.2. The van der Waals surface area contributed by atoms with Crippen molar-refractivity contribution in [2.45, 2.75) is 52.6 Å². The molecule has 2 aliphatic rings. The van der Waals surface area contributed by atoms with Gasteiger partial charge in [-0.2, -0.15) is 0 Å². The van der Waals surface area contributed by atoms with Crippen molar-refractivity contribution in [1.82, 2.24) is 24.8 Å². The summed E-state index contributed by atoms with van der Waals surface area (Å²) in [5.74, 6) is 3.12. The van der Waals surface area contributed by atoms with Crippen LogP contribution in [-0.2, 0) is 41.9 Å². The van der Waals surface area contributed by atoms with Gasteiger partial charge in [0, 0.05) is 23.4 Å². The van der Waals surface area contributed by atoms with E-state index in [1.165, 1.54) is 18.4 Å². The predicted octanol–water partition coefficient (Wildman–Crippen LogP) is 4.71. The second-order valence-electron chi connectivity index (χ2n) is 12.2. The van der Waals surface area contributed by atoms with Crippen molar-refractivity contribution in [3.63, 3.8) is 0 Å². The summed E-state index contributed by atoms with van der Waals surface area (Å²) in [6.07, 6.45) is 3.22. The van der Waals surface area contributed by atoms with Crippen LogP contribution in [0.15, 0.2) is 36.4 Å². The zero-order valence-corrected chi connectivity index (χ0v) is 24.6. The van der Waals surface area contributed by atoms with E-state index in [2.05, 4.69) is 78.0 Å². The van der Waals surface area contributed by atoms with E-state index in [0.29, 0.717) is 25.5 Å². The van der Waals surface area contributed by atoms with Gasteiger partial charge in [0.05, 0.1) is 31.2 Å². The minimum atomic E-state index is -0.318. The normalized spacial score (nSPS) is 16.2. The third kappa shape index (κ3) is 5.77. The maximum absolute atomic E-state index is 11.7. The van der Waals surface area contributed by atoms with E-state index in [1.54, 1.807) is 0 Å². The van der Waals surface area contributed by atoms with Crippen LogP contribution in [0.4, 0.5) is 5.82 Å². The van der Waals surface area contributed by atoms with Gasteiger partial charge in [0.1, 0.15) is 36.2 Å². The quantitative estimate of drug-likeness (QED) is 0.343. The minimum absolute atomic E-state index is 0.118. The molecule has 1 aliphatic carbocycles. The number of fused-ring (bicyclic) bond motifs is 3. The Balaban J connectivity index is 1.33. The molecule has 4 aromatic rings. The molecule has 0 bridgehead atoms. The number of aryl methyl sites for hydroxylation is 1. The molecule has 1 N–H and O–H groups in total. The second kappa shape index (κ2) is 10.8.